The first kappa shape index (κ1) is 21.4. The summed E-state index contributed by atoms with van der Waals surface area (Å²) in [5.41, 5.74) is 5.19. The first-order valence-electron chi connectivity index (χ1n) is 11.4. The summed E-state index contributed by atoms with van der Waals surface area (Å²) >= 11 is 3.73. The molecule has 0 radical (unpaired) electrons. The number of nitrogens with zero attached hydrogens (tertiary/aromatic N) is 3. The van der Waals surface area contributed by atoms with Crippen molar-refractivity contribution in [3.8, 4) is 45.3 Å². The van der Waals surface area contributed by atoms with Crippen molar-refractivity contribution in [1.29, 1.82) is 0 Å². The first-order chi connectivity index (χ1) is 17.2. The molecule has 6 aromatic rings. The highest BCUT2D eigenvalue weighted by molar-refractivity contribution is 9.10. The Labute approximate surface area is 212 Å². The molecule has 0 saturated heterocycles. The molecule has 0 fully saturated rings. The van der Waals surface area contributed by atoms with Crippen LogP contribution < -0.4 is 0 Å². The van der Waals surface area contributed by atoms with Crippen molar-refractivity contribution < 1.29 is 0 Å². The molecule has 0 N–H and O–H groups in total. The van der Waals surface area contributed by atoms with E-state index >= 15 is 0 Å². The van der Waals surface area contributed by atoms with Crippen LogP contribution >= 0.6 is 15.9 Å². The Morgan fingerprint density at radius 3 is 1.51 bits per heavy atom. The lowest BCUT2D eigenvalue weighted by Gasteiger charge is -2.10. The van der Waals surface area contributed by atoms with Gasteiger partial charge in [0.05, 0.1) is 0 Å². The van der Waals surface area contributed by atoms with E-state index in [1.54, 1.807) is 0 Å². The van der Waals surface area contributed by atoms with Crippen molar-refractivity contribution >= 4 is 26.7 Å². The van der Waals surface area contributed by atoms with Gasteiger partial charge in [-0.3, -0.25) is 0 Å². The highest BCUT2D eigenvalue weighted by Crippen LogP contribution is 2.32. The fourth-order valence-electron chi connectivity index (χ4n) is 4.19. The maximum Gasteiger partial charge on any atom is 0.164 e. The molecule has 0 spiro atoms. The summed E-state index contributed by atoms with van der Waals surface area (Å²) in [5, 5.41) is 2.29. The van der Waals surface area contributed by atoms with E-state index in [9.17, 15) is 0 Å². The van der Waals surface area contributed by atoms with E-state index in [0.717, 1.165) is 37.5 Å². The molecule has 0 amide bonds. The molecular formula is C31H20BrN3. The highest BCUT2D eigenvalue weighted by atomic mass is 79.9. The standard InChI is InChI=1S/C31H20BrN3/c32-28-20-26(19-25-13-7-8-14-27(25)28)31-34-29(23-11-5-2-6-12-23)33-30(35-31)24-17-15-22(16-18-24)21-9-3-1-4-10-21/h1-20H. The van der Waals surface area contributed by atoms with Gasteiger partial charge in [0.25, 0.3) is 0 Å². The predicted molar refractivity (Wildman–Crippen MR) is 147 cm³/mol. The number of rotatable bonds is 4. The van der Waals surface area contributed by atoms with Crippen LogP contribution in [0.5, 0.6) is 0 Å². The summed E-state index contributed by atoms with van der Waals surface area (Å²) in [5.74, 6) is 1.95. The second-order valence-electron chi connectivity index (χ2n) is 8.29. The van der Waals surface area contributed by atoms with Crippen LogP contribution in [0, 0.1) is 0 Å². The summed E-state index contributed by atoms with van der Waals surface area (Å²) < 4.78 is 1.01. The van der Waals surface area contributed by atoms with Crippen LogP contribution in [-0.4, -0.2) is 15.0 Å². The molecule has 1 heterocycles. The van der Waals surface area contributed by atoms with Crippen LogP contribution in [0.4, 0.5) is 0 Å². The van der Waals surface area contributed by atoms with Crippen LogP contribution in [0.25, 0.3) is 56.1 Å². The van der Waals surface area contributed by atoms with Crippen LogP contribution in [-0.2, 0) is 0 Å². The molecule has 0 saturated carbocycles. The van der Waals surface area contributed by atoms with E-state index in [2.05, 4.69) is 88.7 Å². The molecule has 0 aliphatic carbocycles. The third-order valence-electron chi connectivity index (χ3n) is 5.99. The van der Waals surface area contributed by atoms with Gasteiger partial charge < -0.3 is 0 Å². The van der Waals surface area contributed by atoms with Gasteiger partial charge in [-0.2, -0.15) is 0 Å². The van der Waals surface area contributed by atoms with Crippen LogP contribution in [0.1, 0.15) is 0 Å². The van der Waals surface area contributed by atoms with Gasteiger partial charge in [-0.25, -0.2) is 15.0 Å². The van der Waals surface area contributed by atoms with Crippen molar-refractivity contribution in [3.63, 3.8) is 0 Å². The maximum absolute atomic E-state index is 4.91. The zero-order valence-electron chi connectivity index (χ0n) is 18.8. The second-order valence-corrected chi connectivity index (χ2v) is 9.15. The number of aromatic nitrogens is 3. The largest absolute Gasteiger partial charge is 0.208 e. The molecule has 166 valence electrons. The molecule has 1 aromatic heterocycles. The van der Waals surface area contributed by atoms with E-state index in [1.807, 2.05) is 48.5 Å². The van der Waals surface area contributed by atoms with E-state index in [0.29, 0.717) is 17.5 Å². The Balaban J connectivity index is 1.49. The molecule has 4 heteroatoms. The Morgan fingerprint density at radius 2 is 0.857 bits per heavy atom. The number of hydrogen-bond acceptors (Lipinski definition) is 3. The van der Waals surface area contributed by atoms with Crippen LogP contribution in [0.15, 0.2) is 126 Å². The minimum absolute atomic E-state index is 0.646. The van der Waals surface area contributed by atoms with Crippen molar-refractivity contribution in [2.75, 3.05) is 0 Å². The van der Waals surface area contributed by atoms with E-state index in [1.165, 1.54) is 5.56 Å². The number of fused-ring (bicyclic) bond motifs is 1. The average molecular weight is 514 g/mol. The van der Waals surface area contributed by atoms with Gasteiger partial charge in [-0.05, 0) is 34.0 Å². The molecular weight excluding hydrogens is 494 g/mol. The van der Waals surface area contributed by atoms with Gasteiger partial charge in [-0.1, -0.05) is 125 Å². The molecule has 3 nitrogen and oxygen atoms in total. The summed E-state index contributed by atoms with van der Waals surface area (Å²) in [7, 11) is 0. The SMILES string of the molecule is Brc1cc(-c2nc(-c3ccccc3)nc(-c3ccc(-c4ccccc4)cc3)n2)cc2ccccc12. The molecule has 0 bridgehead atoms. The van der Waals surface area contributed by atoms with Crippen molar-refractivity contribution in [1.82, 2.24) is 15.0 Å². The van der Waals surface area contributed by atoms with Gasteiger partial charge in [0, 0.05) is 21.2 Å². The van der Waals surface area contributed by atoms with Gasteiger partial charge in [0.2, 0.25) is 0 Å². The fourth-order valence-corrected chi connectivity index (χ4v) is 4.79. The van der Waals surface area contributed by atoms with Crippen molar-refractivity contribution in [2.24, 2.45) is 0 Å². The van der Waals surface area contributed by atoms with Crippen LogP contribution in [0.2, 0.25) is 0 Å². The number of benzene rings is 5. The monoisotopic (exact) mass is 513 g/mol. The Kier molecular flexibility index (Phi) is 5.65. The lowest BCUT2D eigenvalue weighted by molar-refractivity contribution is 1.07. The molecule has 5 aromatic carbocycles. The van der Waals surface area contributed by atoms with E-state index < -0.39 is 0 Å². The minimum Gasteiger partial charge on any atom is -0.208 e. The summed E-state index contributed by atoms with van der Waals surface area (Å²) in [6.45, 7) is 0. The Hall–Kier alpha value is -4.15. The predicted octanol–water partition coefficient (Wildman–Crippen LogP) is 8.46. The average Bonchev–Trinajstić information content (AvgIpc) is 2.94. The summed E-state index contributed by atoms with van der Waals surface area (Å²) in [4.78, 5) is 14.6. The topological polar surface area (TPSA) is 38.7 Å². The smallest absolute Gasteiger partial charge is 0.164 e. The van der Waals surface area contributed by atoms with Gasteiger partial charge >= 0.3 is 0 Å². The minimum atomic E-state index is 0.646. The summed E-state index contributed by atoms with van der Waals surface area (Å²) in [6.07, 6.45) is 0. The molecule has 35 heavy (non-hydrogen) atoms. The lowest BCUT2D eigenvalue weighted by atomic mass is 10.0. The maximum atomic E-state index is 4.91. The quantitative estimate of drug-likeness (QED) is 0.237. The fraction of sp³-hybridized carbons (Fsp3) is 0. The van der Waals surface area contributed by atoms with Crippen molar-refractivity contribution in [2.45, 2.75) is 0 Å². The molecule has 0 aliphatic rings. The van der Waals surface area contributed by atoms with Gasteiger partial charge in [0.1, 0.15) is 0 Å². The Bertz CT molecular complexity index is 1630. The summed E-state index contributed by atoms with van der Waals surface area (Å²) in [6, 6.07) is 41.3. The number of hydrogen-bond donors (Lipinski definition) is 0. The third kappa shape index (κ3) is 4.36. The molecule has 6 rings (SSSR count). The van der Waals surface area contributed by atoms with E-state index in [-0.39, 0.29) is 0 Å². The van der Waals surface area contributed by atoms with Crippen LogP contribution in [0.3, 0.4) is 0 Å². The first-order valence-corrected chi connectivity index (χ1v) is 12.2. The number of halogens is 1. The normalized spacial score (nSPS) is 11.0. The zero-order chi connectivity index (χ0) is 23.6. The lowest BCUT2D eigenvalue weighted by Crippen LogP contribution is -2.00. The molecule has 0 atom stereocenters. The molecule has 0 unspecified atom stereocenters. The Morgan fingerprint density at radius 1 is 0.400 bits per heavy atom. The van der Waals surface area contributed by atoms with Gasteiger partial charge in [0.15, 0.2) is 17.5 Å². The zero-order valence-corrected chi connectivity index (χ0v) is 20.4. The highest BCUT2D eigenvalue weighted by Gasteiger charge is 2.14. The second kappa shape index (κ2) is 9.24. The van der Waals surface area contributed by atoms with Crippen molar-refractivity contribution in [3.05, 3.63) is 126 Å². The third-order valence-corrected chi connectivity index (χ3v) is 6.64. The molecule has 0 aliphatic heterocycles. The van der Waals surface area contributed by atoms with Gasteiger partial charge in [-0.15, -0.1) is 0 Å². The van der Waals surface area contributed by atoms with E-state index in [4.69, 9.17) is 15.0 Å².